The van der Waals surface area contributed by atoms with E-state index in [0.717, 1.165) is 5.57 Å². The first-order chi connectivity index (χ1) is 4.57. The van der Waals surface area contributed by atoms with E-state index < -0.39 is 0 Å². The zero-order valence-electron chi connectivity index (χ0n) is 6.85. The van der Waals surface area contributed by atoms with Gasteiger partial charge in [-0.25, -0.2) is 0 Å². The molecular formula is C9H14O. The van der Waals surface area contributed by atoms with Crippen LogP contribution in [0.2, 0.25) is 0 Å². The Morgan fingerprint density at radius 1 is 1.50 bits per heavy atom. The van der Waals surface area contributed by atoms with Crippen molar-refractivity contribution in [2.24, 2.45) is 5.92 Å². The van der Waals surface area contributed by atoms with Crippen LogP contribution in [0, 0.1) is 5.92 Å². The molecule has 0 N–H and O–H groups in total. The van der Waals surface area contributed by atoms with Crippen LogP contribution in [0.4, 0.5) is 0 Å². The van der Waals surface area contributed by atoms with Gasteiger partial charge in [-0.05, 0) is 13.8 Å². The summed E-state index contributed by atoms with van der Waals surface area (Å²) in [4.78, 5) is 10.7. The maximum Gasteiger partial charge on any atom is 0.136 e. The van der Waals surface area contributed by atoms with E-state index in [9.17, 15) is 4.79 Å². The maximum atomic E-state index is 10.7. The standard InChI is InChI=1S/C9H14O/c1-5-7(2)6-8(3)9(4)10/h5-6,8H,1H2,2-4H3/b7-6+/t8-/m0/s1. The summed E-state index contributed by atoms with van der Waals surface area (Å²) in [5.41, 5.74) is 1.06. The van der Waals surface area contributed by atoms with E-state index in [1.54, 1.807) is 13.0 Å². The monoisotopic (exact) mass is 138 g/mol. The van der Waals surface area contributed by atoms with Gasteiger partial charge in [0.1, 0.15) is 5.78 Å². The van der Waals surface area contributed by atoms with Gasteiger partial charge in [0.2, 0.25) is 0 Å². The molecule has 0 rings (SSSR count). The van der Waals surface area contributed by atoms with Gasteiger partial charge in [0.15, 0.2) is 0 Å². The van der Waals surface area contributed by atoms with Crippen LogP contribution in [-0.2, 0) is 4.79 Å². The van der Waals surface area contributed by atoms with Crippen LogP contribution in [-0.4, -0.2) is 5.78 Å². The Bertz CT molecular complexity index is 166. The average Bonchev–Trinajstić information content (AvgIpc) is 1.87. The molecule has 0 aromatic rings. The molecule has 1 atom stereocenters. The van der Waals surface area contributed by atoms with Gasteiger partial charge in [-0.3, -0.25) is 4.79 Å². The molecule has 0 fully saturated rings. The van der Waals surface area contributed by atoms with Crippen LogP contribution < -0.4 is 0 Å². The van der Waals surface area contributed by atoms with E-state index in [2.05, 4.69) is 6.58 Å². The van der Waals surface area contributed by atoms with Crippen molar-refractivity contribution < 1.29 is 4.79 Å². The predicted molar refractivity (Wildman–Crippen MR) is 43.8 cm³/mol. The zero-order valence-corrected chi connectivity index (χ0v) is 6.85. The number of ketones is 1. The Hall–Kier alpha value is -0.850. The molecule has 1 nitrogen and oxygen atoms in total. The first-order valence-corrected chi connectivity index (χ1v) is 3.39. The Kier molecular flexibility index (Phi) is 3.70. The van der Waals surface area contributed by atoms with Gasteiger partial charge in [-0.2, -0.15) is 0 Å². The van der Waals surface area contributed by atoms with Crippen molar-refractivity contribution in [3.63, 3.8) is 0 Å². The Morgan fingerprint density at radius 2 is 2.00 bits per heavy atom. The normalized spacial score (nSPS) is 14.5. The summed E-state index contributed by atoms with van der Waals surface area (Å²) in [5, 5.41) is 0. The van der Waals surface area contributed by atoms with Crippen LogP contribution in [0.3, 0.4) is 0 Å². The van der Waals surface area contributed by atoms with Gasteiger partial charge < -0.3 is 0 Å². The number of carbonyl (C=O) groups excluding carboxylic acids is 1. The van der Waals surface area contributed by atoms with Crippen molar-refractivity contribution >= 4 is 5.78 Å². The van der Waals surface area contributed by atoms with Gasteiger partial charge in [0, 0.05) is 5.92 Å². The molecule has 1 heteroatoms. The Morgan fingerprint density at radius 3 is 2.30 bits per heavy atom. The van der Waals surface area contributed by atoms with Crippen molar-refractivity contribution in [1.82, 2.24) is 0 Å². The number of rotatable bonds is 3. The minimum absolute atomic E-state index is 0.0259. The van der Waals surface area contributed by atoms with Gasteiger partial charge >= 0.3 is 0 Å². The SMILES string of the molecule is C=C/C(C)=C/[C@H](C)C(C)=O. The predicted octanol–water partition coefficient (Wildman–Crippen LogP) is 2.34. The third-order valence-electron chi connectivity index (χ3n) is 1.48. The second-order valence-corrected chi connectivity index (χ2v) is 2.51. The number of hydrogen-bond donors (Lipinski definition) is 0. The Labute approximate surface area is 62.4 Å². The zero-order chi connectivity index (χ0) is 8.15. The molecule has 0 radical (unpaired) electrons. The van der Waals surface area contributed by atoms with E-state index in [1.165, 1.54) is 0 Å². The summed E-state index contributed by atoms with van der Waals surface area (Å²) in [5.74, 6) is 0.221. The third-order valence-corrected chi connectivity index (χ3v) is 1.48. The van der Waals surface area contributed by atoms with Crippen LogP contribution in [0.5, 0.6) is 0 Å². The minimum Gasteiger partial charge on any atom is -0.299 e. The second-order valence-electron chi connectivity index (χ2n) is 2.51. The highest BCUT2D eigenvalue weighted by Crippen LogP contribution is 2.03. The fourth-order valence-electron chi connectivity index (χ4n) is 0.580. The van der Waals surface area contributed by atoms with Crippen molar-refractivity contribution in [2.75, 3.05) is 0 Å². The molecular weight excluding hydrogens is 124 g/mol. The summed E-state index contributed by atoms with van der Waals surface area (Å²) in [7, 11) is 0. The number of Topliss-reactive ketones (excluding diaryl/α,β-unsaturated/α-hetero) is 1. The van der Waals surface area contributed by atoms with E-state index in [1.807, 2.05) is 19.9 Å². The molecule has 0 saturated heterocycles. The largest absolute Gasteiger partial charge is 0.299 e. The van der Waals surface area contributed by atoms with Gasteiger partial charge in [0.05, 0.1) is 0 Å². The lowest BCUT2D eigenvalue weighted by atomic mass is 10.0. The summed E-state index contributed by atoms with van der Waals surface area (Å²) in [6.07, 6.45) is 3.66. The first kappa shape index (κ1) is 9.15. The molecule has 0 aliphatic rings. The average molecular weight is 138 g/mol. The molecule has 0 aliphatic carbocycles. The molecule has 0 amide bonds. The molecule has 0 heterocycles. The molecule has 0 unspecified atom stereocenters. The lowest BCUT2D eigenvalue weighted by Crippen LogP contribution is -2.02. The van der Waals surface area contributed by atoms with Gasteiger partial charge in [0.25, 0.3) is 0 Å². The number of allylic oxidation sites excluding steroid dienone is 3. The molecule has 0 aliphatic heterocycles. The van der Waals surface area contributed by atoms with Crippen molar-refractivity contribution in [3.05, 3.63) is 24.3 Å². The lowest BCUT2D eigenvalue weighted by Gasteiger charge is -1.99. The summed E-state index contributed by atoms with van der Waals surface area (Å²) >= 11 is 0. The van der Waals surface area contributed by atoms with Crippen molar-refractivity contribution in [3.8, 4) is 0 Å². The van der Waals surface area contributed by atoms with Crippen LogP contribution in [0.1, 0.15) is 20.8 Å². The molecule has 0 saturated carbocycles. The maximum absolute atomic E-state index is 10.7. The number of hydrogen-bond acceptors (Lipinski definition) is 1. The van der Waals surface area contributed by atoms with E-state index in [4.69, 9.17) is 0 Å². The molecule has 56 valence electrons. The molecule has 0 spiro atoms. The fraction of sp³-hybridized carbons (Fsp3) is 0.444. The lowest BCUT2D eigenvalue weighted by molar-refractivity contribution is -0.118. The minimum atomic E-state index is 0.0259. The van der Waals surface area contributed by atoms with E-state index in [-0.39, 0.29) is 11.7 Å². The first-order valence-electron chi connectivity index (χ1n) is 3.39. The quantitative estimate of drug-likeness (QED) is 0.547. The van der Waals surface area contributed by atoms with Crippen molar-refractivity contribution in [1.29, 1.82) is 0 Å². The van der Waals surface area contributed by atoms with E-state index >= 15 is 0 Å². The van der Waals surface area contributed by atoms with Gasteiger partial charge in [-0.15, -0.1) is 0 Å². The highest BCUT2D eigenvalue weighted by molar-refractivity contribution is 5.79. The topological polar surface area (TPSA) is 17.1 Å². The van der Waals surface area contributed by atoms with Crippen LogP contribution >= 0.6 is 0 Å². The molecule has 0 aromatic carbocycles. The summed E-state index contributed by atoms with van der Waals surface area (Å²) < 4.78 is 0. The number of carbonyl (C=O) groups is 1. The second kappa shape index (κ2) is 4.04. The Balaban J connectivity index is 4.11. The highest BCUT2D eigenvalue weighted by Gasteiger charge is 2.01. The van der Waals surface area contributed by atoms with Crippen LogP contribution in [0.15, 0.2) is 24.3 Å². The smallest absolute Gasteiger partial charge is 0.136 e. The third kappa shape index (κ3) is 3.23. The van der Waals surface area contributed by atoms with Crippen molar-refractivity contribution in [2.45, 2.75) is 20.8 Å². The molecule has 0 bridgehead atoms. The molecule has 10 heavy (non-hydrogen) atoms. The van der Waals surface area contributed by atoms with Gasteiger partial charge in [-0.1, -0.05) is 31.2 Å². The molecule has 0 aromatic heterocycles. The summed E-state index contributed by atoms with van der Waals surface area (Å²) in [6, 6.07) is 0. The highest BCUT2D eigenvalue weighted by atomic mass is 16.1. The fourth-order valence-corrected chi connectivity index (χ4v) is 0.580. The van der Waals surface area contributed by atoms with Crippen LogP contribution in [0.25, 0.3) is 0 Å². The van der Waals surface area contributed by atoms with E-state index in [0.29, 0.717) is 0 Å². The summed E-state index contributed by atoms with van der Waals surface area (Å²) in [6.45, 7) is 9.01.